The van der Waals surface area contributed by atoms with Crippen LogP contribution in [0.5, 0.6) is 0 Å². The molecule has 0 bridgehead atoms. The Labute approximate surface area is 105 Å². The van der Waals surface area contributed by atoms with Crippen LogP contribution in [0, 0.1) is 11.8 Å². The maximum atomic E-state index is 9.48. The normalized spacial score (nSPS) is 40.4. The Bertz CT molecular complexity index is 234. The molecule has 2 aliphatic rings. The van der Waals surface area contributed by atoms with Gasteiger partial charge < -0.3 is 10.8 Å². The first-order valence-corrected chi connectivity index (χ1v) is 7.33. The van der Waals surface area contributed by atoms with Crippen molar-refractivity contribution in [2.75, 3.05) is 19.7 Å². The van der Waals surface area contributed by atoms with Gasteiger partial charge in [-0.3, -0.25) is 4.90 Å². The molecule has 0 radical (unpaired) electrons. The van der Waals surface area contributed by atoms with E-state index in [1.807, 2.05) is 0 Å². The summed E-state index contributed by atoms with van der Waals surface area (Å²) in [6.45, 7) is 4.82. The second kappa shape index (κ2) is 6.17. The van der Waals surface area contributed by atoms with Crippen LogP contribution in [0.2, 0.25) is 0 Å². The molecule has 100 valence electrons. The van der Waals surface area contributed by atoms with Crippen molar-refractivity contribution in [2.24, 2.45) is 17.6 Å². The molecule has 1 aliphatic heterocycles. The average molecular weight is 240 g/mol. The highest BCUT2D eigenvalue weighted by Gasteiger charge is 2.33. The largest absolute Gasteiger partial charge is 0.395 e. The van der Waals surface area contributed by atoms with E-state index < -0.39 is 0 Å². The van der Waals surface area contributed by atoms with Crippen molar-refractivity contribution < 1.29 is 5.11 Å². The molecule has 17 heavy (non-hydrogen) atoms. The molecule has 1 aliphatic carbocycles. The van der Waals surface area contributed by atoms with Gasteiger partial charge in [0.15, 0.2) is 0 Å². The van der Waals surface area contributed by atoms with Crippen LogP contribution in [-0.2, 0) is 0 Å². The smallest absolute Gasteiger partial charge is 0.0589 e. The van der Waals surface area contributed by atoms with Gasteiger partial charge in [-0.25, -0.2) is 0 Å². The zero-order chi connectivity index (χ0) is 12.3. The fourth-order valence-corrected chi connectivity index (χ4v) is 3.55. The highest BCUT2D eigenvalue weighted by atomic mass is 16.3. The van der Waals surface area contributed by atoms with Gasteiger partial charge in [-0.2, -0.15) is 0 Å². The highest BCUT2D eigenvalue weighted by Crippen LogP contribution is 2.28. The molecule has 3 N–H and O–H groups in total. The lowest BCUT2D eigenvalue weighted by Gasteiger charge is -2.31. The van der Waals surface area contributed by atoms with Gasteiger partial charge in [0.25, 0.3) is 0 Å². The molecule has 1 saturated heterocycles. The first-order chi connectivity index (χ1) is 8.22. The second-order valence-electron chi connectivity index (χ2n) is 6.07. The van der Waals surface area contributed by atoms with E-state index in [9.17, 15) is 5.11 Å². The Hall–Kier alpha value is -0.120. The predicted molar refractivity (Wildman–Crippen MR) is 70.8 cm³/mol. The zero-order valence-corrected chi connectivity index (χ0v) is 11.1. The van der Waals surface area contributed by atoms with Crippen LogP contribution in [0.15, 0.2) is 0 Å². The number of aliphatic hydroxyl groups excluding tert-OH is 1. The van der Waals surface area contributed by atoms with E-state index in [-0.39, 0.29) is 0 Å². The third-order valence-electron chi connectivity index (χ3n) is 4.87. The minimum atomic E-state index is 0.309. The van der Waals surface area contributed by atoms with Gasteiger partial charge in [0.05, 0.1) is 6.61 Å². The first kappa shape index (κ1) is 13.3. The summed E-state index contributed by atoms with van der Waals surface area (Å²) in [6, 6.07) is 0.762. The number of rotatable bonds is 3. The van der Waals surface area contributed by atoms with E-state index in [2.05, 4.69) is 11.8 Å². The number of aliphatic hydroxyl groups is 1. The van der Waals surface area contributed by atoms with Crippen molar-refractivity contribution in [1.82, 2.24) is 4.90 Å². The first-order valence-electron chi connectivity index (χ1n) is 7.33. The lowest BCUT2D eigenvalue weighted by atomic mass is 9.94. The van der Waals surface area contributed by atoms with Crippen molar-refractivity contribution in [1.29, 1.82) is 0 Å². The van der Waals surface area contributed by atoms with Gasteiger partial charge in [0.1, 0.15) is 0 Å². The van der Waals surface area contributed by atoms with Crippen LogP contribution in [0.1, 0.15) is 45.4 Å². The van der Waals surface area contributed by atoms with E-state index in [1.54, 1.807) is 0 Å². The summed E-state index contributed by atoms with van der Waals surface area (Å²) in [4.78, 5) is 2.49. The molecular weight excluding hydrogens is 212 g/mol. The van der Waals surface area contributed by atoms with Crippen LogP contribution in [-0.4, -0.2) is 41.8 Å². The van der Waals surface area contributed by atoms with E-state index in [1.165, 1.54) is 38.5 Å². The number of likely N-dealkylation sites (tertiary alicyclic amines) is 1. The monoisotopic (exact) mass is 240 g/mol. The zero-order valence-electron chi connectivity index (χ0n) is 11.1. The maximum absolute atomic E-state index is 9.48. The van der Waals surface area contributed by atoms with Crippen LogP contribution < -0.4 is 5.73 Å². The molecule has 1 heterocycles. The molecule has 0 spiro atoms. The fourth-order valence-electron chi connectivity index (χ4n) is 3.55. The minimum absolute atomic E-state index is 0.309. The van der Waals surface area contributed by atoms with Crippen LogP contribution >= 0.6 is 0 Å². The molecule has 3 heteroatoms. The van der Waals surface area contributed by atoms with Crippen LogP contribution in [0.25, 0.3) is 0 Å². The predicted octanol–water partition coefficient (Wildman–Crippen LogP) is 1.60. The Kier molecular flexibility index (Phi) is 4.83. The van der Waals surface area contributed by atoms with Crippen molar-refractivity contribution in [2.45, 2.75) is 57.5 Å². The molecule has 0 aromatic rings. The van der Waals surface area contributed by atoms with Crippen molar-refractivity contribution in [3.63, 3.8) is 0 Å². The average Bonchev–Trinajstić information content (AvgIpc) is 2.54. The summed E-state index contributed by atoms with van der Waals surface area (Å²) in [7, 11) is 0. The lowest BCUT2D eigenvalue weighted by Crippen LogP contribution is -2.43. The summed E-state index contributed by atoms with van der Waals surface area (Å²) in [5.41, 5.74) is 6.29. The Morgan fingerprint density at radius 3 is 2.71 bits per heavy atom. The Balaban J connectivity index is 1.90. The summed E-state index contributed by atoms with van der Waals surface area (Å²) in [6.07, 6.45) is 7.70. The van der Waals surface area contributed by atoms with Gasteiger partial charge in [-0.15, -0.1) is 0 Å². The summed E-state index contributed by atoms with van der Waals surface area (Å²) < 4.78 is 0. The third kappa shape index (κ3) is 3.21. The SMILES string of the molecule is CC1CCN(CC2CCCCCC2N)C1CO. The summed E-state index contributed by atoms with van der Waals surface area (Å²) in [5.74, 6) is 1.29. The molecule has 4 unspecified atom stereocenters. The number of nitrogens with zero attached hydrogens (tertiary/aromatic N) is 1. The molecule has 0 aromatic carbocycles. The minimum Gasteiger partial charge on any atom is -0.395 e. The molecule has 0 aromatic heterocycles. The van der Waals surface area contributed by atoms with Gasteiger partial charge in [-0.1, -0.05) is 26.2 Å². The van der Waals surface area contributed by atoms with Crippen molar-refractivity contribution in [3.05, 3.63) is 0 Å². The molecule has 0 amide bonds. The number of nitrogens with two attached hydrogens (primary N) is 1. The molecule has 1 saturated carbocycles. The molecule has 2 fully saturated rings. The molecule has 4 atom stereocenters. The van der Waals surface area contributed by atoms with E-state index in [4.69, 9.17) is 5.73 Å². The van der Waals surface area contributed by atoms with Crippen molar-refractivity contribution in [3.8, 4) is 0 Å². The Morgan fingerprint density at radius 1 is 1.18 bits per heavy atom. The summed E-state index contributed by atoms with van der Waals surface area (Å²) >= 11 is 0. The third-order valence-corrected chi connectivity index (χ3v) is 4.87. The fraction of sp³-hybridized carbons (Fsp3) is 1.00. The van der Waals surface area contributed by atoms with Gasteiger partial charge in [0.2, 0.25) is 0 Å². The number of hydrogen-bond donors (Lipinski definition) is 2. The standard InChI is InChI=1S/C14H28N2O/c1-11-7-8-16(14(11)10-17)9-12-5-3-2-4-6-13(12)15/h11-14,17H,2-10,15H2,1H3. The lowest BCUT2D eigenvalue weighted by molar-refractivity contribution is 0.117. The van der Waals surface area contributed by atoms with Crippen LogP contribution in [0.3, 0.4) is 0 Å². The van der Waals surface area contributed by atoms with Gasteiger partial charge in [-0.05, 0) is 37.6 Å². The van der Waals surface area contributed by atoms with Gasteiger partial charge >= 0.3 is 0 Å². The molecular formula is C14H28N2O. The second-order valence-corrected chi connectivity index (χ2v) is 6.07. The topological polar surface area (TPSA) is 49.5 Å². The van der Waals surface area contributed by atoms with E-state index in [0.29, 0.717) is 30.5 Å². The van der Waals surface area contributed by atoms with Gasteiger partial charge in [0, 0.05) is 18.6 Å². The number of hydrogen-bond acceptors (Lipinski definition) is 3. The van der Waals surface area contributed by atoms with E-state index >= 15 is 0 Å². The maximum Gasteiger partial charge on any atom is 0.0589 e. The highest BCUT2D eigenvalue weighted by molar-refractivity contribution is 4.88. The molecule has 3 nitrogen and oxygen atoms in total. The quantitative estimate of drug-likeness (QED) is 0.737. The van der Waals surface area contributed by atoms with E-state index in [0.717, 1.165) is 13.1 Å². The van der Waals surface area contributed by atoms with Crippen LogP contribution in [0.4, 0.5) is 0 Å². The summed E-state index contributed by atoms with van der Waals surface area (Å²) in [5, 5.41) is 9.48. The molecule has 2 rings (SSSR count). The Morgan fingerprint density at radius 2 is 1.94 bits per heavy atom. The van der Waals surface area contributed by atoms with Crippen molar-refractivity contribution >= 4 is 0 Å².